The summed E-state index contributed by atoms with van der Waals surface area (Å²) < 4.78 is 5.26. The van der Waals surface area contributed by atoms with E-state index in [1.165, 1.54) is 0 Å². The number of aromatic nitrogens is 2. The Morgan fingerprint density at radius 2 is 1.96 bits per heavy atom. The number of benzene rings is 2. The van der Waals surface area contributed by atoms with Gasteiger partial charge in [-0.15, -0.1) is 12.6 Å². The second kappa shape index (κ2) is 7.11. The van der Waals surface area contributed by atoms with Crippen LogP contribution in [0.15, 0.2) is 60.8 Å². The molecule has 3 rings (SSSR count). The molecule has 0 saturated carbocycles. The molecule has 0 bridgehead atoms. The summed E-state index contributed by atoms with van der Waals surface area (Å²) in [5.41, 5.74) is 3.24. The first-order valence-electron chi connectivity index (χ1n) is 7.66. The van der Waals surface area contributed by atoms with Crippen LogP contribution in [0.3, 0.4) is 0 Å². The summed E-state index contributed by atoms with van der Waals surface area (Å²) in [4.78, 5) is 7.76. The number of hydrogen-bond donors (Lipinski definition) is 1. The zero-order chi connectivity index (χ0) is 16.1. The summed E-state index contributed by atoms with van der Waals surface area (Å²) in [5.74, 6) is 1.74. The molecule has 4 nitrogen and oxygen atoms in total. The second-order valence-corrected chi connectivity index (χ2v) is 5.42. The number of aromatic amines is 1. The van der Waals surface area contributed by atoms with Crippen molar-refractivity contribution in [3.8, 4) is 17.1 Å². The summed E-state index contributed by atoms with van der Waals surface area (Å²) in [7, 11) is 1.68. The van der Waals surface area contributed by atoms with Crippen molar-refractivity contribution in [1.29, 1.82) is 0 Å². The first-order valence-corrected chi connectivity index (χ1v) is 7.66. The Balaban J connectivity index is 1.63. The third-order valence-corrected chi connectivity index (χ3v) is 3.79. The van der Waals surface area contributed by atoms with Crippen molar-refractivity contribution < 1.29 is 4.74 Å². The minimum Gasteiger partial charge on any atom is -0.651 e. The van der Waals surface area contributed by atoms with Crippen LogP contribution < -0.4 is 4.74 Å². The molecular weight excluding hydrogens is 286 g/mol. The van der Waals surface area contributed by atoms with Gasteiger partial charge in [0, 0.05) is 17.5 Å². The van der Waals surface area contributed by atoms with Crippen LogP contribution in [-0.2, 0) is 6.54 Å². The van der Waals surface area contributed by atoms with Crippen LogP contribution in [0.4, 0.5) is 0 Å². The quantitative estimate of drug-likeness (QED) is 0.716. The Hall–Kier alpha value is -2.59. The fraction of sp³-hybridized carbons (Fsp3) is 0.211. The van der Waals surface area contributed by atoms with E-state index in [4.69, 9.17) is 10.1 Å². The summed E-state index contributed by atoms with van der Waals surface area (Å²) >= 11 is 0. The van der Waals surface area contributed by atoms with Gasteiger partial charge >= 0.3 is 0 Å². The molecule has 0 saturated heterocycles. The van der Waals surface area contributed by atoms with E-state index in [9.17, 15) is 0 Å². The van der Waals surface area contributed by atoms with Crippen molar-refractivity contribution >= 4 is 0 Å². The molecule has 1 heterocycles. The highest BCUT2D eigenvalue weighted by Gasteiger charge is 2.02. The molecular formula is C19H20N3O-. The molecule has 1 atom stereocenters. The SMILES string of the molecule is COc1cccc(C(C)[N-]Cc2cnc(-c3ccccc3)[nH]2)c1. The fourth-order valence-electron chi connectivity index (χ4n) is 2.42. The highest BCUT2D eigenvalue weighted by Crippen LogP contribution is 2.26. The number of rotatable bonds is 6. The zero-order valence-electron chi connectivity index (χ0n) is 13.4. The lowest BCUT2D eigenvalue weighted by Crippen LogP contribution is -1.95. The molecule has 1 N–H and O–H groups in total. The summed E-state index contributed by atoms with van der Waals surface area (Å²) in [6.45, 7) is 2.70. The minimum absolute atomic E-state index is 0.105. The number of H-pyrrole nitrogens is 1. The van der Waals surface area contributed by atoms with Gasteiger partial charge in [0.25, 0.3) is 0 Å². The standard InChI is InChI=1S/C19H20N3O/c1-14(16-9-6-10-18(11-16)23-2)20-12-17-13-21-19(22-17)15-7-4-3-5-8-15/h3-11,13-14H,12H2,1-2H3,(H,21,22)/q-1. The molecule has 0 aliphatic rings. The largest absolute Gasteiger partial charge is 0.651 e. The molecule has 23 heavy (non-hydrogen) atoms. The maximum Gasteiger partial charge on any atom is 0.137 e. The molecule has 0 aliphatic heterocycles. The first kappa shape index (κ1) is 15.3. The van der Waals surface area contributed by atoms with Gasteiger partial charge in [0.05, 0.1) is 7.11 Å². The molecule has 0 aliphatic carbocycles. The molecule has 0 amide bonds. The van der Waals surface area contributed by atoms with Gasteiger partial charge in [-0.05, 0) is 12.1 Å². The molecule has 0 radical (unpaired) electrons. The number of nitrogens with zero attached hydrogens (tertiary/aromatic N) is 2. The van der Waals surface area contributed by atoms with E-state index in [0.29, 0.717) is 6.54 Å². The molecule has 4 heteroatoms. The predicted octanol–water partition coefficient (Wildman–Crippen LogP) is 4.72. The predicted molar refractivity (Wildman–Crippen MR) is 92.5 cm³/mol. The number of hydrogen-bond acceptors (Lipinski definition) is 2. The molecule has 1 unspecified atom stereocenters. The normalized spacial score (nSPS) is 12.1. The van der Waals surface area contributed by atoms with Crippen LogP contribution >= 0.6 is 0 Å². The van der Waals surface area contributed by atoms with E-state index >= 15 is 0 Å². The average molecular weight is 306 g/mol. The number of methoxy groups -OCH3 is 1. The highest BCUT2D eigenvalue weighted by atomic mass is 16.5. The van der Waals surface area contributed by atoms with Gasteiger partial charge in [-0.2, -0.15) is 0 Å². The van der Waals surface area contributed by atoms with Crippen molar-refractivity contribution in [3.63, 3.8) is 0 Å². The topological polar surface area (TPSA) is 52.0 Å². The van der Waals surface area contributed by atoms with E-state index in [1.54, 1.807) is 7.11 Å². The lowest BCUT2D eigenvalue weighted by Gasteiger charge is -2.28. The summed E-state index contributed by atoms with van der Waals surface area (Å²) in [5, 5.41) is 4.72. The van der Waals surface area contributed by atoms with E-state index in [-0.39, 0.29) is 6.04 Å². The van der Waals surface area contributed by atoms with E-state index in [1.807, 2.05) is 54.7 Å². The Kier molecular flexibility index (Phi) is 4.74. The molecule has 0 fully saturated rings. The van der Waals surface area contributed by atoms with E-state index in [0.717, 1.165) is 28.4 Å². The van der Waals surface area contributed by atoms with Gasteiger partial charge in [-0.3, -0.25) is 0 Å². The number of ether oxygens (including phenoxy) is 1. The third kappa shape index (κ3) is 3.79. The Morgan fingerprint density at radius 1 is 1.13 bits per heavy atom. The number of nitrogens with one attached hydrogen (secondary N) is 1. The van der Waals surface area contributed by atoms with Crippen LogP contribution in [0.1, 0.15) is 24.2 Å². The number of imidazole rings is 1. The van der Waals surface area contributed by atoms with Crippen molar-refractivity contribution in [2.24, 2.45) is 0 Å². The fourth-order valence-corrected chi connectivity index (χ4v) is 2.42. The lowest BCUT2D eigenvalue weighted by atomic mass is 10.1. The maximum absolute atomic E-state index is 5.26. The van der Waals surface area contributed by atoms with Crippen molar-refractivity contribution in [3.05, 3.63) is 77.4 Å². The van der Waals surface area contributed by atoms with Crippen molar-refractivity contribution in [1.82, 2.24) is 9.97 Å². The van der Waals surface area contributed by atoms with Gasteiger partial charge < -0.3 is 15.0 Å². The molecule has 118 valence electrons. The third-order valence-electron chi connectivity index (χ3n) is 3.79. The highest BCUT2D eigenvalue weighted by molar-refractivity contribution is 5.54. The first-order chi connectivity index (χ1) is 11.3. The van der Waals surface area contributed by atoms with Gasteiger partial charge in [-0.1, -0.05) is 55.0 Å². The Morgan fingerprint density at radius 3 is 2.74 bits per heavy atom. The van der Waals surface area contributed by atoms with Crippen LogP contribution in [0, 0.1) is 0 Å². The molecule has 3 aromatic rings. The van der Waals surface area contributed by atoms with Gasteiger partial charge in [-0.25, -0.2) is 4.98 Å². The molecule has 2 aromatic carbocycles. The Labute approximate surface area is 136 Å². The van der Waals surface area contributed by atoms with Crippen LogP contribution in [0.25, 0.3) is 16.7 Å². The van der Waals surface area contributed by atoms with E-state index < -0.39 is 0 Å². The van der Waals surface area contributed by atoms with Crippen molar-refractivity contribution in [2.45, 2.75) is 19.5 Å². The summed E-state index contributed by atoms with van der Waals surface area (Å²) in [6, 6.07) is 18.2. The van der Waals surface area contributed by atoms with Gasteiger partial charge in [0.15, 0.2) is 0 Å². The van der Waals surface area contributed by atoms with Crippen LogP contribution in [0.2, 0.25) is 0 Å². The molecule has 0 spiro atoms. The summed E-state index contributed by atoms with van der Waals surface area (Å²) in [6.07, 6.45) is 1.85. The smallest absolute Gasteiger partial charge is 0.137 e. The second-order valence-electron chi connectivity index (χ2n) is 5.42. The van der Waals surface area contributed by atoms with Crippen LogP contribution in [-0.4, -0.2) is 17.1 Å². The van der Waals surface area contributed by atoms with E-state index in [2.05, 4.69) is 23.0 Å². The Bertz CT molecular complexity index is 752. The minimum atomic E-state index is 0.105. The maximum atomic E-state index is 5.26. The van der Waals surface area contributed by atoms with Crippen LogP contribution in [0.5, 0.6) is 5.75 Å². The van der Waals surface area contributed by atoms with Gasteiger partial charge in [0.2, 0.25) is 0 Å². The molecule has 1 aromatic heterocycles. The average Bonchev–Trinajstić information content (AvgIpc) is 3.09. The lowest BCUT2D eigenvalue weighted by molar-refractivity contribution is 0.414. The zero-order valence-corrected chi connectivity index (χ0v) is 13.4. The van der Waals surface area contributed by atoms with Gasteiger partial charge in [0.1, 0.15) is 11.6 Å². The van der Waals surface area contributed by atoms with Crippen molar-refractivity contribution in [2.75, 3.05) is 7.11 Å². The monoisotopic (exact) mass is 306 g/mol.